The average Bonchev–Trinajstić information content (AvgIpc) is 2.55. The van der Waals surface area contributed by atoms with Crippen LogP contribution in [0.1, 0.15) is 12.0 Å². The van der Waals surface area contributed by atoms with Crippen LogP contribution in [0.5, 0.6) is 0 Å². The minimum atomic E-state index is 0.0374. The number of aromatic nitrogens is 3. The summed E-state index contributed by atoms with van der Waals surface area (Å²) in [5.41, 5.74) is 3.55. The van der Waals surface area contributed by atoms with Gasteiger partial charge >= 0.3 is 0 Å². The number of nitrogens with one attached hydrogen (secondary N) is 2. The normalized spacial score (nSPS) is 13.5. The van der Waals surface area contributed by atoms with Gasteiger partial charge in [-0.25, -0.2) is 9.97 Å². The lowest BCUT2D eigenvalue weighted by Crippen LogP contribution is -2.19. The van der Waals surface area contributed by atoms with Crippen LogP contribution in [-0.2, 0) is 11.2 Å². The first kappa shape index (κ1) is 12.7. The van der Waals surface area contributed by atoms with E-state index in [1.807, 2.05) is 30.3 Å². The highest BCUT2D eigenvalue weighted by atomic mass is 16.1. The molecule has 1 aromatic carbocycles. The smallest absolute Gasteiger partial charge is 0.224 e. The summed E-state index contributed by atoms with van der Waals surface area (Å²) in [6, 6.07) is 9.64. The van der Waals surface area contributed by atoms with Crippen LogP contribution in [0.4, 0.5) is 17.3 Å². The second-order valence-corrected chi connectivity index (χ2v) is 5.14. The average molecular weight is 291 g/mol. The van der Waals surface area contributed by atoms with Gasteiger partial charge in [-0.3, -0.25) is 9.78 Å². The first-order valence-electron chi connectivity index (χ1n) is 7.05. The van der Waals surface area contributed by atoms with E-state index in [1.54, 1.807) is 12.4 Å². The molecule has 6 nitrogen and oxygen atoms in total. The summed E-state index contributed by atoms with van der Waals surface area (Å²) >= 11 is 0. The highest BCUT2D eigenvalue weighted by molar-refractivity contribution is 5.93. The summed E-state index contributed by atoms with van der Waals surface area (Å²) in [7, 11) is 0. The van der Waals surface area contributed by atoms with Crippen LogP contribution < -0.4 is 10.6 Å². The van der Waals surface area contributed by atoms with Gasteiger partial charge in [-0.15, -0.1) is 0 Å². The number of hydrogen-bond acceptors (Lipinski definition) is 5. The van der Waals surface area contributed by atoms with Crippen molar-refractivity contribution in [2.45, 2.75) is 12.8 Å². The number of nitrogens with zero attached hydrogens (tertiary/aromatic N) is 3. The minimum Gasteiger partial charge on any atom is -0.324 e. The number of aryl methyl sites for hydroxylation is 1. The number of pyridine rings is 1. The molecule has 0 aliphatic carbocycles. The first-order valence-corrected chi connectivity index (χ1v) is 7.05. The van der Waals surface area contributed by atoms with Gasteiger partial charge in [0, 0.05) is 6.42 Å². The third-order valence-electron chi connectivity index (χ3n) is 3.59. The molecule has 0 saturated heterocycles. The predicted molar refractivity (Wildman–Crippen MR) is 84.0 cm³/mol. The molecule has 3 heterocycles. The van der Waals surface area contributed by atoms with Crippen molar-refractivity contribution in [3.63, 3.8) is 0 Å². The van der Waals surface area contributed by atoms with Gasteiger partial charge in [-0.1, -0.05) is 12.1 Å². The molecule has 108 valence electrons. The predicted octanol–water partition coefficient (Wildman–Crippen LogP) is 2.65. The van der Waals surface area contributed by atoms with E-state index in [2.05, 4.69) is 25.6 Å². The maximum atomic E-state index is 11.4. The van der Waals surface area contributed by atoms with Gasteiger partial charge in [0.25, 0.3) is 0 Å². The lowest BCUT2D eigenvalue weighted by atomic mass is 10.1. The molecule has 3 aromatic rings. The van der Waals surface area contributed by atoms with Crippen LogP contribution in [0.25, 0.3) is 11.0 Å². The highest BCUT2D eigenvalue weighted by Gasteiger charge is 2.15. The lowest BCUT2D eigenvalue weighted by molar-refractivity contribution is -0.116. The molecule has 1 aliphatic heterocycles. The van der Waals surface area contributed by atoms with Crippen molar-refractivity contribution in [1.29, 1.82) is 0 Å². The second-order valence-electron chi connectivity index (χ2n) is 5.14. The number of benzene rings is 1. The van der Waals surface area contributed by atoms with E-state index >= 15 is 0 Å². The van der Waals surface area contributed by atoms with E-state index in [9.17, 15) is 4.79 Å². The molecule has 0 radical (unpaired) electrons. The van der Waals surface area contributed by atoms with E-state index in [0.29, 0.717) is 18.1 Å². The lowest BCUT2D eigenvalue weighted by Gasteiger charge is -2.17. The Bertz CT molecular complexity index is 877. The van der Waals surface area contributed by atoms with Crippen molar-refractivity contribution in [1.82, 2.24) is 15.0 Å². The monoisotopic (exact) mass is 291 g/mol. The minimum absolute atomic E-state index is 0.0374. The van der Waals surface area contributed by atoms with E-state index in [-0.39, 0.29) is 5.91 Å². The number of carbonyl (C=O) groups excluding carboxylic acids is 1. The molecule has 0 fully saturated rings. The summed E-state index contributed by atoms with van der Waals surface area (Å²) in [4.78, 5) is 24.5. The standard InChI is InChI=1S/C16H13N5O/c22-16-6-5-10-7-14(18-8-13(10)20-16)21-15-9-17-11-3-1-2-4-12(11)19-15/h1-4,7-9H,5-6H2,(H,20,22)(H,18,19,21). The third kappa shape index (κ3) is 2.35. The molecule has 0 saturated carbocycles. The summed E-state index contributed by atoms with van der Waals surface area (Å²) in [5.74, 6) is 1.38. The van der Waals surface area contributed by atoms with E-state index in [1.165, 1.54) is 0 Å². The summed E-state index contributed by atoms with van der Waals surface area (Å²) in [6.07, 6.45) is 4.59. The molecule has 2 aromatic heterocycles. The van der Waals surface area contributed by atoms with Crippen molar-refractivity contribution in [2.75, 3.05) is 10.6 Å². The van der Waals surface area contributed by atoms with E-state index in [4.69, 9.17) is 0 Å². The highest BCUT2D eigenvalue weighted by Crippen LogP contribution is 2.25. The van der Waals surface area contributed by atoms with Gasteiger partial charge in [-0.2, -0.15) is 0 Å². The van der Waals surface area contributed by atoms with Gasteiger partial charge in [0.15, 0.2) is 5.82 Å². The van der Waals surface area contributed by atoms with Gasteiger partial charge in [0.2, 0.25) is 5.91 Å². The Balaban J connectivity index is 1.63. The Morgan fingerprint density at radius 3 is 2.77 bits per heavy atom. The van der Waals surface area contributed by atoms with Gasteiger partial charge in [-0.05, 0) is 30.2 Å². The van der Waals surface area contributed by atoms with Gasteiger partial charge in [0.1, 0.15) is 5.82 Å². The fraction of sp³-hybridized carbons (Fsp3) is 0.125. The Labute approximate surface area is 126 Å². The fourth-order valence-corrected chi connectivity index (χ4v) is 2.49. The van der Waals surface area contributed by atoms with Crippen molar-refractivity contribution in [3.8, 4) is 0 Å². The molecule has 0 atom stereocenters. The topological polar surface area (TPSA) is 79.8 Å². The molecule has 0 bridgehead atoms. The zero-order chi connectivity index (χ0) is 14.9. The van der Waals surface area contributed by atoms with Crippen LogP contribution in [0.2, 0.25) is 0 Å². The molecular weight excluding hydrogens is 278 g/mol. The molecule has 0 unspecified atom stereocenters. The Morgan fingerprint density at radius 1 is 1.00 bits per heavy atom. The van der Waals surface area contributed by atoms with E-state index in [0.717, 1.165) is 28.7 Å². The quantitative estimate of drug-likeness (QED) is 0.758. The maximum absolute atomic E-state index is 11.4. The Kier molecular flexibility index (Phi) is 2.93. The van der Waals surface area contributed by atoms with Crippen LogP contribution >= 0.6 is 0 Å². The zero-order valence-corrected chi connectivity index (χ0v) is 11.7. The molecular formula is C16H13N5O. The van der Waals surface area contributed by atoms with Crippen LogP contribution in [-0.4, -0.2) is 20.9 Å². The van der Waals surface area contributed by atoms with Gasteiger partial charge in [0.05, 0.1) is 29.1 Å². The molecule has 0 spiro atoms. The molecule has 6 heteroatoms. The number of carbonyl (C=O) groups is 1. The molecule has 22 heavy (non-hydrogen) atoms. The van der Waals surface area contributed by atoms with Crippen molar-refractivity contribution in [2.24, 2.45) is 0 Å². The third-order valence-corrected chi connectivity index (χ3v) is 3.59. The number of fused-ring (bicyclic) bond motifs is 2. The zero-order valence-electron chi connectivity index (χ0n) is 11.7. The first-order chi connectivity index (χ1) is 10.8. The van der Waals surface area contributed by atoms with E-state index < -0.39 is 0 Å². The molecule has 1 amide bonds. The van der Waals surface area contributed by atoms with Crippen molar-refractivity contribution in [3.05, 3.63) is 48.3 Å². The summed E-state index contributed by atoms with van der Waals surface area (Å²) < 4.78 is 0. The fourth-order valence-electron chi connectivity index (χ4n) is 2.49. The Morgan fingerprint density at radius 2 is 1.86 bits per heavy atom. The van der Waals surface area contributed by atoms with Crippen molar-refractivity contribution >= 4 is 34.3 Å². The van der Waals surface area contributed by atoms with Crippen LogP contribution in [0.3, 0.4) is 0 Å². The maximum Gasteiger partial charge on any atom is 0.224 e. The number of para-hydroxylation sites is 2. The summed E-state index contributed by atoms with van der Waals surface area (Å²) in [6.45, 7) is 0. The number of amides is 1. The van der Waals surface area contributed by atoms with Gasteiger partial charge < -0.3 is 10.6 Å². The number of hydrogen-bond donors (Lipinski definition) is 2. The molecule has 1 aliphatic rings. The largest absolute Gasteiger partial charge is 0.324 e. The van der Waals surface area contributed by atoms with Crippen LogP contribution in [0.15, 0.2) is 42.7 Å². The summed E-state index contributed by atoms with van der Waals surface area (Å²) in [5, 5.41) is 5.98. The molecule has 4 rings (SSSR count). The number of rotatable bonds is 2. The Hall–Kier alpha value is -3.02. The number of anilines is 3. The SMILES string of the molecule is O=C1CCc2cc(Nc3cnc4ccccc4n3)ncc2N1. The van der Waals surface area contributed by atoms with Crippen molar-refractivity contribution < 1.29 is 4.79 Å². The second kappa shape index (κ2) is 5.07. The molecule has 2 N–H and O–H groups in total. The van der Waals surface area contributed by atoms with Crippen LogP contribution in [0, 0.1) is 0 Å².